The lowest BCUT2D eigenvalue weighted by molar-refractivity contribution is -0.147. The van der Waals surface area contributed by atoms with Crippen molar-refractivity contribution < 1.29 is 24.3 Å². The smallest absolute Gasteiger partial charge is 0.323 e. The molecule has 0 spiro atoms. The van der Waals surface area contributed by atoms with Gasteiger partial charge in [-0.2, -0.15) is 0 Å². The Labute approximate surface area is 139 Å². The highest BCUT2D eigenvalue weighted by Crippen LogP contribution is 2.26. The van der Waals surface area contributed by atoms with Crippen LogP contribution >= 0.6 is 0 Å². The van der Waals surface area contributed by atoms with Gasteiger partial charge in [0.25, 0.3) is 11.8 Å². The standard InChI is InChI=1S/C17H20N2O5/c1-9(2)18(8-14(20)21)15(22)11(4)19-16(23)12-6-5-10(3)7-13(12)17(19)24/h5-7,9,11H,8H2,1-4H3,(H,20,21). The number of rotatable bonds is 5. The SMILES string of the molecule is Cc1ccc2c(c1)C(=O)N(C(C)C(=O)N(CC(=O)O)C(C)C)C2=O. The number of carbonyl (C=O) groups is 4. The van der Waals surface area contributed by atoms with E-state index >= 15 is 0 Å². The van der Waals surface area contributed by atoms with Crippen LogP contribution in [0.25, 0.3) is 0 Å². The van der Waals surface area contributed by atoms with Crippen molar-refractivity contribution >= 4 is 23.7 Å². The number of aliphatic carboxylic acids is 1. The molecule has 1 atom stereocenters. The van der Waals surface area contributed by atoms with E-state index in [1.807, 2.05) is 6.92 Å². The molecule has 0 saturated carbocycles. The number of hydrogen-bond acceptors (Lipinski definition) is 4. The molecule has 0 bridgehead atoms. The predicted octanol–water partition coefficient (Wildman–Crippen LogP) is 1.30. The number of imide groups is 1. The molecule has 0 saturated heterocycles. The summed E-state index contributed by atoms with van der Waals surface area (Å²) in [6.07, 6.45) is 0. The second kappa shape index (κ2) is 6.43. The van der Waals surface area contributed by atoms with E-state index in [-0.39, 0.29) is 17.2 Å². The number of amides is 3. The summed E-state index contributed by atoms with van der Waals surface area (Å²) in [4.78, 5) is 50.7. The molecule has 7 heteroatoms. The first kappa shape index (κ1) is 17.7. The quantitative estimate of drug-likeness (QED) is 0.820. The number of nitrogens with zero attached hydrogens (tertiary/aromatic N) is 2. The molecule has 1 aliphatic heterocycles. The molecular formula is C17H20N2O5. The minimum absolute atomic E-state index is 0.264. The van der Waals surface area contributed by atoms with Gasteiger partial charge < -0.3 is 10.0 Å². The summed E-state index contributed by atoms with van der Waals surface area (Å²) >= 11 is 0. The Hall–Kier alpha value is -2.70. The topological polar surface area (TPSA) is 95.0 Å². The maximum Gasteiger partial charge on any atom is 0.323 e. The Kier molecular flexibility index (Phi) is 4.73. The van der Waals surface area contributed by atoms with Crippen molar-refractivity contribution in [3.63, 3.8) is 0 Å². The highest BCUT2D eigenvalue weighted by Gasteiger charge is 2.42. The Bertz CT molecular complexity index is 726. The number of hydrogen-bond donors (Lipinski definition) is 1. The van der Waals surface area contributed by atoms with Crippen LogP contribution in [0.5, 0.6) is 0 Å². The highest BCUT2D eigenvalue weighted by molar-refractivity contribution is 6.22. The monoisotopic (exact) mass is 332 g/mol. The van der Waals surface area contributed by atoms with Crippen LogP contribution in [0.4, 0.5) is 0 Å². The van der Waals surface area contributed by atoms with Crippen molar-refractivity contribution in [2.24, 2.45) is 0 Å². The molecule has 128 valence electrons. The van der Waals surface area contributed by atoms with E-state index < -0.39 is 36.3 Å². The number of aryl methyl sites for hydroxylation is 1. The Morgan fingerprint density at radius 3 is 2.25 bits per heavy atom. The first-order valence-electron chi connectivity index (χ1n) is 7.66. The van der Waals surface area contributed by atoms with Gasteiger partial charge in [0.2, 0.25) is 5.91 Å². The first-order valence-corrected chi connectivity index (χ1v) is 7.66. The summed E-state index contributed by atoms with van der Waals surface area (Å²) in [5.41, 5.74) is 1.37. The van der Waals surface area contributed by atoms with E-state index in [1.165, 1.54) is 6.92 Å². The summed E-state index contributed by atoms with van der Waals surface area (Å²) in [5.74, 6) is -2.78. The molecule has 2 rings (SSSR count). The third kappa shape index (κ3) is 3.02. The summed E-state index contributed by atoms with van der Waals surface area (Å²) in [6.45, 7) is 6.12. The number of carboxylic acid groups (broad SMARTS) is 1. The van der Waals surface area contributed by atoms with Crippen molar-refractivity contribution in [1.82, 2.24) is 9.80 Å². The van der Waals surface area contributed by atoms with Crippen molar-refractivity contribution in [2.75, 3.05) is 6.54 Å². The van der Waals surface area contributed by atoms with Crippen LogP contribution in [-0.2, 0) is 9.59 Å². The maximum absolute atomic E-state index is 12.6. The van der Waals surface area contributed by atoms with Gasteiger partial charge in [0.1, 0.15) is 12.6 Å². The summed E-state index contributed by atoms with van der Waals surface area (Å²) in [5, 5.41) is 8.96. The molecule has 1 unspecified atom stereocenters. The van der Waals surface area contributed by atoms with Gasteiger partial charge in [0, 0.05) is 6.04 Å². The summed E-state index contributed by atoms with van der Waals surface area (Å²) < 4.78 is 0. The maximum atomic E-state index is 12.6. The molecule has 1 N–H and O–H groups in total. The highest BCUT2D eigenvalue weighted by atomic mass is 16.4. The van der Waals surface area contributed by atoms with Gasteiger partial charge in [-0.05, 0) is 39.8 Å². The molecule has 0 radical (unpaired) electrons. The molecule has 1 aromatic carbocycles. The third-order valence-electron chi connectivity index (χ3n) is 4.03. The predicted molar refractivity (Wildman–Crippen MR) is 85.6 cm³/mol. The molecule has 7 nitrogen and oxygen atoms in total. The molecule has 0 fully saturated rings. The van der Waals surface area contributed by atoms with Gasteiger partial charge in [0.05, 0.1) is 11.1 Å². The number of carboxylic acids is 1. The van der Waals surface area contributed by atoms with Crippen LogP contribution in [0.2, 0.25) is 0 Å². The lowest BCUT2D eigenvalue weighted by atomic mass is 10.1. The summed E-state index contributed by atoms with van der Waals surface area (Å²) in [7, 11) is 0. The van der Waals surface area contributed by atoms with E-state index in [0.717, 1.165) is 15.4 Å². The van der Waals surface area contributed by atoms with Gasteiger partial charge in [-0.25, -0.2) is 0 Å². The normalized spacial score (nSPS) is 14.8. The number of carbonyl (C=O) groups excluding carboxylic acids is 3. The van der Waals surface area contributed by atoms with Crippen molar-refractivity contribution in [2.45, 2.75) is 39.8 Å². The Morgan fingerprint density at radius 1 is 1.12 bits per heavy atom. The van der Waals surface area contributed by atoms with E-state index in [0.29, 0.717) is 0 Å². The molecular weight excluding hydrogens is 312 g/mol. The Balaban J connectivity index is 2.31. The average Bonchev–Trinajstić information content (AvgIpc) is 2.74. The van der Waals surface area contributed by atoms with Crippen LogP contribution < -0.4 is 0 Å². The van der Waals surface area contributed by atoms with Gasteiger partial charge in [-0.1, -0.05) is 11.6 Å². The lowest BCUT2D eigenvalue weighted by Gasteiger charge is -2.31. The van der Waals surface area contributed by atoms with E-state index in [2.05, 4.69) is 0 Å². The van der Waals surface area contributed by atoms with Crippen LogP contribution in [-0.4, -0.2) is 57.2 Å². The zero-order chi connectivity index (χ0) is 18.2. The molecule has 24 heavy (non-hydrogen) atoms. The molecule has 0 aliphatic carbocycles. The second-order valence-electron chi connectivity index (χ2n) is 6.16. The molecule has 3 amide bonds. The van der Waals surface area contributed by atoms with Gasteiger partial charge in [-0.3, -0.25) is 24.1 Å². The van der Waals surface area contributed by atoms with E-state index in [1.54, 1.807) is 32.0 Å². The minimum atomic E-state index is -1.15. The molecule has 1 heterocycles. The third-order valence-corrected chi connectivity index (χ3v) is 4.03. The largest absolute Gasteiger partial charge is 0.480 e. The van der Waals surface area contributed by atoms with Crippen molar-refractivity contribution in [1.29, 1.82) is 0 Å². The fraction of sp³-hybridized carbons (Fsp3) is 0.412. The van der Waals surface area contributed by atoms with Gasteiger partial charge >= 0.3 is 5.97 Å². The van der Waals surface area contributed by atoms with Crippen molar-refractivity contribution in [3.05, 3.63) is 34.9 Å². The molecule has 1 aliphatic rings. The number of fused-ring (bicyclic) bond motifs is 1. The van der Waals surface area contributed by atoms with E-state index in [9.17, 15) is 19.2 Å². The van der Waals surface area contributed by atoms with Crippen LogP contribution in [0, 0.1) is 6.92 Å². The van der Waals surface area contributed by atoms with Crippen molar-refractivity contribution in [3.8, 4) is 0 Å². The number of benzene rings is 1. The van der Waals surface area contributed by atoms with Gasteiger partial charge in [-0.15, -0.1) is 0 Å². The summed E-state index contributed by atoms with van der Waals surface area (Å²) in [6, 6.07) is 3.47. The fourth-order valence-corrected chi connectivity index (χ4v) is 2.74. The zero-order valence-electron chi connectivity index (χ0n) is 14.1. The minimum Gasteiger partial charge on any atom is -0.480 e. The average molecular weight is 332 g/mol. The first-order chi connectivity index (χ1) is 11.1. The molecule has 0 aromatic heterocycles. The zero-order valence-corrected chi connectivity index (χ0v) is 14.1. The second-order valence-corrected chi connectivity index (χ2v) is 6.16. The lowest BCUT2D eigenvalue weighted by Crippen LogP contribution is -2.52. The van der Waals surface area contributed by atoms with Crippen LogP contribution in [0.3, 0.4) is 0 Å². The fourth-order valence-electron chi connectivity index (χ4n) is 2.74. The van der Waals surface area contributed by atoms with Gasteiger partial charge in [0.15, 0.2) is 0 Å². The molecule has 1 aromatic rings. The van der Waals surface area contributed by atoms with Crippen LogP contribution in [0.1, 0.15) is 47.1 Å². The van der Waals surface area contributed by atoms with Crippen LogP contribution in [0.15, 0.2) is 18.2 Å². The van der Waals surface area contributed by atoms with E-state index in [4.69, 9.17) is 5.11 Å². The Morgan fingerprint density at radius 2 is 1.71 bits per heavy atom.